The zero-order valence-corrected chi connectivity index (χ0v) is 15.2. The molecule has 0 unspecified atom stereocenters. The SMILES string of the molecule is Cc1ccc2c(c1)CCCN2S(=O)(=O)c1ccc(S(C)(=O)=O)cc1. The third-order valence-corrected chi connectivity index (χ3v) is 7.11. The summed E-state index contributed by atoms with van der Waals surface area (Å²) in [6.07, 6.45) is 2.72. The molecule has 0 N–H and O–H groups in total. The Labute approximate surface area is 142 Å². The van der Waals surface area contributed by atoms with Gasteiger partial charge in [-0.25, -0.2) is 16.8 Å². The van der Waals surface area contributed by atoms with Crippen molar-refractivity contribution >= 4 is 25.5 Å². The summed E-state index contributed by atoms with van der Waals surface area (Å²) in [6, 6.07) is 11.1. The lowest BCUT2D eigenvalue weighted by atomic mass is 10.0. The molecule has 1 heterocycles. The van der Waals surface area contributed by atoms with Gasteiger partial charge >= 0.3 is 0 Å². The van der Waals surface area contributed by atoms with Crippen LogP contribution in [0, 0.1) is 6.92 Å². The van der Waals surface area contributed by atoms with Gasteiger partial charge in [0, 0.05) is 12.8 Å². The number of nitrogens with zero attached hydrogens (tertiary/aromatic N) is 1. The van der Waals surface area contributed by atoms with Crippen molar-refractivity contribution in [1.29, 1.82) is 0 Å². The fourth-order valence-electron chi connectivity index (χ4n) is 2.93. The van der Waals surface area contributed by atoms with Gasteiger partial charge in [-0.3, -0.25) is 4.31 Å². The highest BCUT2D eigenvalue weighted by molar-refractivity contribution is 7.93. The fourth-order valence-corrected chi connectivity index (χ4v) is 5.10. The van der Waals surface area contributed by atoms with Gasteiger partial charge in [-0.1, -0.05) is 17.7 Å². The Morgan fingerprint density at radius 2 is 1.54 bits per heavy atom. The van der Waals surface area contributed by atoms with Crippen LogP contribution in [0.25, 0.3) is 0 Å². The van der Waals surface area contributed by atoms with E-state index < -0.39 is 19.9 Å². The molecule has 0 fully saturated rings. The van der Waals surface area contributed by atoms with Gasteiger partial charge in [0.25, 0.3) is 10.0 Å². The van der Waals surface area contributed by atoms with Crippen molar-refractivity contribution in [2.75, 3.05) is 17.1 Å². The van der Waals surface area contributed by atoms with Crippen LogP contribution < -0.4 is 4.31 Å². The van der Waals surface area contributed by atoms with Crippen LogP contribution in [0.3, 0.4) is 0 Å². The first-order valence-electron chi connectivity index (χ1n) is 7.62. The van der Waals surface area contributed by atoms with E-state index in [2.05, 4.69) is 0 Å². The zero-order chi connectivity index (χ0) is 17.5. The second kappa shape index (κ2) is 5.89. The van der Waals surface area contributed by atoms with Crippen LogP contribution in [0.2, 0.25) is 0 Å². The average Bonchev–Trinajstić information content (AvgIpc) is 2.53. The molecule has 1 aliphatic rings. The Balaban J connectivity index is 2.03. The lowest BCUT2D eigenvalue weighted by Crippen LogP contribution is -2.35. The van der Waals surface area contributed by atoms with E-state index in [-0.39, 0.29) is 9.79 Å². The van der Waals surface area contributed by atoms with E-state index in [1.165, 1.54) is 28.6 Å². The number of hydrogen-bond donors (Lipinski definition) is 0. The predicted molar refractivity (Wildman–Crippen MR) is 93.6 cm³/mol. The molecule has 0 radical (unpaired) electrons. The topological polar surface area (TPSA) is 71.5 Å². The van der Waals surface area contributed by atoms with Crippen molar-refractivity contribution < 1.29 is 16.8 Å². The minimum Gasteiger partial charge on any atom is -0.266 e. The Hall–Kier alpha value is -1.86. The molecule has 5 nitrogen and oxygen atoms in total. The molecule has 0 atom stereocenters. The number of fused-ring (bicyclic) bond motifs is 1. The minimum absolute atomic E-state index is 0.100. The average molecular weight is 365 g/mol. The van der Waals surface area contributed by atoms with E-state index in [4.69, 9.17) is 0 Å². The number of aryl methyl sites for hydroxylation is 2. The number of benzene rings is 2. The molecule has 24 heavy (non-hydrogen) atoms. The van der Waals surface area contributed by atoms with Crippen molar-refractivity contribution in [1.82, 2.24) is 0 Å². The van der Waals surface area contributed by atoms with Crippen LogP contribution in [0.5, 0.6) is 0 Å². The summed E-state index contributed by atoms with van der Waals surface area (Å²) in [7, 11) is -7.06. The largest absolute Gasteiger partial charge is 0.266 e. The van der Waals surface area contributed by atoms with Crippen molar-refractivity contribution in [2.24, 2.45) is 0 Å². The minimum atomic E-state index is -3.71. The normalized spacial score (nSPS) is 15.2. The van der Waals surface area contributed by atoms with E-state index in [1.54, 1.807) is 0 Å². The summed E-state index contributed by atoms with van der Waals surface area (Å²) in [5.74, 6) is 0. The van der Waals surface area contributed by atoms with E-state index in [0.29, 0.717) is 12.2 Å². The second-order valence-corrected chi connectivity index (χ2v) is 9.93. The molecule has 0 saturated heterocycles. The maximum Gasteiger partial charge on any atom is 0.264 e. The monoisotopic (exact) mass is 365 g/mol. The van der Waals surface area contributed by atoms with Crippen LogP contribution in [0.15, 0.2) is 52.3 Å². The van der Waals surface area contributed by atoms with Crippen molar-refractivity contribution in [3.63, 3.8) is 0 Å². The molecule has 2 aromatic rings. The first-order chi connectivity index (χ1) is 11.2. The van der Waals surface area contributed by atoms with Crippen LogP contribution in [-0.2, 0) is 26.3 Å². The van der Waals surface area contributed by atoms with Crippen LogP contribution in [0.4, 0.5) is 5.69 Å². The Bertz CT molecular complexity index is 978. The molecule has 0 aliphatic carbocycles. The maximum absolute atomic E-state index is 13.0. The smallest absolute Gasteiger partial charge is 0.264 e. The van der Waals surface area contributed by atoms with Crippen molar-refractivity contribution in [3.05, 3.63) is 53.6 Å². The molecule has 0 saturated carbocycles. The molecule has 3 rings (SSSR count). The van der Waals surface area contributed by atoms with Gasteiger partial charge in [-0.2, -0.15) is 0 Å². The van der Waals surface area contributed by atoms with Gasteiger partial charge in [-0.15, -0.1) is 0 Å². The van der Waals surface area contributed by atoms with Crippen LogP contribution >= 0.6 is 0 Å². The number of anilines is 1. The Morgan fingerprint density at radius 1 is 0.917 bits per heavy atom. The number of rotatable bonds is 3. The summed E-state index contributed by atoms with van der Waals surface area (Å²) in [6.45, 7) is 2.41. The van der Waals surface area contributed by atoms with E-state index >= 15 is 0 Å². The maximum atomic E-state index is 13.0. The van der Waals surface area contributed by atoms with E-state index in [0.717, 1.165) is 30.2 Å². The molecule has 0 spiro atoms. The zero-order valence-electron chi connectivity index (χ0n) is 13.6. The lowest BCUT2D eigenvalue weighted by molar-refractivity contribution is 0.585. The second-order valence-electron chi connectivity index (χ2n) is 6.06. The molecular formula is C17H19NO4S2. The first kappa shape index (κ1) is 17.0. The Morgan fingerprint density at radius 3 is 2.17 bits per heavy atom. The number of sulfone groups is 1. The molecule has 0 bridgehead atoms. The first-order valence-corrected chi connectivity index (χ1v) is 11.0. The molecule has 0 amide bonds. The third kappa shape index (κ3) is 3.06. The van der Waals surface area contributed by atoms with Crippen molar-refractivity contribution in [2.45, 2.75) is 29.6 Å². The highest BCUT2D eigenvalue weighted by atomic mass is 32.2. The number of hydrogen-bond acceptors (Lipinski definition) is 4. The predicted octanol–water partition coefficient (Wildman–Crippen LogP) is 2.54. The van der Waals surface area contributed by atoms with Gasteiger partial charge < -0.3 is 0 Å². The van der Waals surface area contributed by atoms with Gasteiger partial charge in [0.05, 0.1) is 15.5 Å². The van der Waals surface area contributed by atoms with Gasteiger partial charge in [0.15, 0.2) is 9.84 Å². The molecule has 7 heteroatoms. The summed E-state index contributed by atoms with van der Waals surface area (Å²) in [5, 5.41) is 0. The third-order valence-electron chi connectivity index (χ3n) is 4.15. The molecule has 1 aliphatic heterocycles. The fraction of sp³-hybridized carbons (Fsp3) is 0.294. The lowest BCUT2D eigenvalue weighted by Gasteiger charge is -2.30. The van der Waals surface area contributed by atoms with Gasteiger partial charge in [0.1, 0.15) is 0 Å². The molecule has 128 valence electrons. The Kier molecular flexibility index (Phi) is 4.17. The molecule has 0 aromatic heterocycles. The highest BCUT2D eigenvalue weighted by Crippen LogP contribution is 2.32. The van der Waals surface area contributed by atoms with Crippen molar-refractivity contribution in [3.8, 4) is 0 Å². The standard InChI is InChI=1S/C17H19NO4S2/c1-13-5-10-17-14(12-13)4-3-11-18(17)24(21,22)16-8-6-15(7-9-16)23(2,19)20/h5-10,12H,3-4,11H2,1-2H3. The molecular weight excluding hydrogens is 346 g/mol. The summed E-state index contributed by atoms with van der Waals surface area (Å²) in [4.78, 5) is 0.208. The summed E-state index contributed by atoms with van der Waals surface area (Å²) in [5.41, 5.74) is 2.84. The van der Waals surface area contributed by atoms with Crippen LogP contribution in [-0.4, -0.2) is 29.6 Å². The number of sulfonamides is 1. The van der Waals surface area contributed by atoms with Crippen LogP contribution in [0.1, 0.15) is 17.5 Å². The molecule has 2 aromatic carbocycles. The van der Waals surface area contributed by atoms with Gasteiger partial charge in [-0.05, 0) is 55.7 Å². The van der Waals surface area contributed by atoms with E-state index in [9.17, 15) is 16.8 Å². The summed E-state index contributed by atoms with van der Waals surface area (Å²) >= 11 is 0. The highest BCUT2D eigenvalue weighted by Gasteiger charge is 2.29. The van der Waals surface area contributed by atoms with E-state index in [1.807, 2.05) is 25.1 Å². The summed E-state index contributed by atoms with van der Waals surface area (Å²) < 4.78 is 50.4. The quantitative estimate of drug-likeness (QED) is 0.838. The van der Waals surface area contributed by atoms with Gasteiger partial charge in [0.2, 0.25) is 0 Å².